The fourth-order valence-electron chi connectivity index (χ4n) is 12.9. The van der Waals surface area contributed by atoms with E-state index < -0.39 is 83.5 Å². The van der Waals surface area contributed by atoms with Crippen LogP contribution in [0.5, 0.6) is 5.75 Å². The second-order valence-corrected chi connectivity index (χ2v) is 28.7. The second-order valence-electron chi connectivity index (χ2n) is 28.3. The number of likely N-dealkylation sites (tertiary alicyclic amines) is 1. The standard InChI is InChI=1S/C80H118ClN9O17/c1-14-55(6)72(88(11)77(95)71(53(2)3)86-79(97)80(9,10)87-69(91)31-35-100-38-40-102-42-44-104-46-47-105-45-43-103-41-39-101-37-32-82)68(98-12)51-70(92)90-34-19-23-66(90)73(99-13)57(8)75(93)85-64(49-58-21-16-15-17-22-58)78(96)106-36-30-62(83-76(94)61-28-29-67(63(81)50-61)107-54(4)5)48-59-24-26-60(27-25-59)65-52-89-33-18-20-56(7)74(89)84-65/h15-18,20-22,24-29,33,50,52-55,57,62,64,66,68,71-73H,14,19,23,30-32,34-49,51,82H2,1-13H3,(H,83,94)(H,85,93)(H,86,97)(H,87,91)/t55-,57+,62+,64-,66-,68+,71-,72-,73+/m0/s1. The molecule has 27 heteroatoms. The molecule has 6 amide bonds. The molecule has 1 aliphatic heterocycles. The average Bonchev–Trinajstić information content (AvgIpc) is 1.71. The van der Waals surface area contributed by atoms with Gasteiger partial charge in [0.05, 0.1) is 139 Å². The SMILES string of the molecule is CC[C@H](C)[C@@H]([C@@H](CC(=O)N1CCC[C@H]1[C@H](OC)[C@@H](C)C(=O)N[C@@H](Cc1ccccc1)C(=O)OCC[C@H](Cc1ccc(-c2cn3cccc(C)c3n2)cc1)NC(=O)c1ccc(OC(C)C)c(Cl)c1)OC)N(C)C(=O)[C@@H](NC(=O)C(C)(C)NC(=O)CCOCCOCCOCCOCCOCCOCCN)C(C)C. The van der Waals surface area contributed by atoms with E-state index in [4.69, 9.17) is 69.7 Å². The van der Waals surface area contributed by atoms with Gasteiger partial charge in [0, 0.05) is 83.2 Å². The molecule has 3 aromatic carbocycles. The number of nitrogens with zero attached hydrogens (tertiary/aromatic N) is 4. The maximum atomic E-state index is 14.8. The summed E-state index contributed by atoms with van der Waals surface area (Å²) in [6.07, 6.45) is 4.51. The first-order valence-electron chi connectivity index (χ1n) is 37.5. The Morgan fingerprint density at radius 2 is 1.35 bits per heavy atom. The number of likely N-dealkylation sites (N-methyl/N-ethyl adjacent to an activating group) is 1. The molecule has 1 saturated heterocycles. The van der Waals surface area contributed by atoms with Crippen molar-refractivity contribution < 1.29 is 80.9 Å². The summed E-state index contributed by atoms with van der Waals surface area (Å²) in [7, 11) is 4.65. The first kappa shape index (κ1) is 88.3. The lowest BCUT2D eigenvalue weighted by Crippen LogP contribution is -2.62. The summed E-state index contributed by atoms with van der Waals surface area (Å²) < 4.78 is 59.0. The zero-order valence-corrected chi connectivity index (χ0v) is 65.8. The highest BCUT2D eigenvalue weighted by Crippen LogP contribution is 2.32. The zero-order chi connectivity index (χ0) is 78.0. The maximum Gasteiger partial charge on any atom is 0.328 e. The van der Waals surface area contributed by atoms with Gasteiger partial charge < -0.3 is 88.6 Å². The minimum Gasteiger partial charge on any atom is -0.489 e. The van der Waals surface area contributed by atoms with Gasteiger partial charge in [-0.2, -0.15) is 0 Å². The minimum absolute atomic E-state index is 0.0214. The van der Waals surface area contributed by atoms with E-state index in [9.17, 15) is 33.6 Å². The van der Waals surface area contributed by atoms with Crippen LogP contribution in [0.2, 0.25) is 5.02 Å². The van der Waals surface area contributed by atoms with Gasteiger partial charge in [-0.3, -0.25) is 28.8 Å². The van der Waals surface area contributed by atoms with Gasteiger partial charge in [0.2, 0.25) is 29.5 Å². The van der Waals surface area contributed by atoms with E-state index >= 15 is 0 Å². The summed E-state index contributed by atoms with van der Waals surface area (Å²) in [5.41, 5.74) is 9.63. The number of fused-ring (bicyclic) bond motifs is 1. The normalized spacial score (nSPS) is 15.4. The number of esters is 1. The zero-order valence-electron chi connectivity index (χ0n) is 65.0. The fraction of sp³-hybridized carbons (Fsp3) is 0.600. The van der Waals surface area contributed by atoms with Crippen molar-refractivity contribution in [1.82, 2.24) is 40.5 Å². The number of pyridine rings is 1. The Kier molecular flexibility index (Phi) is 38.0. The molecule has 1 fully saturated rings. The van der Waals surface area contributed by atoms with Crippen LogP contribution >= 0.6 is 11.6 Å². The summed E-state index contributed by atoms with van der Waals surface area (Å²) in [5, 5.41) is 12.1. The molecule has 5 aromatic rings. The number of nitrogens with one attached hydrogen (secondary N) is 4. The van der Waals surface area contributed by atoms with Crippen LogP contribution < -0.4 is 31.7 Å². The predicted octanol–water partition coefficient (Wildman–Crippen LogP) is 8.16. The third-order valence-electron chi connectivity index (χ3n) is 19.0. The van der Waals surface area contributed by atoms with Gasteiger partial charge in [-0.15, -0.1) is 0 Å². The Hall–Kier alpha value is -7.63. The van der Waals surface area contributed by atoms with Crippen LogP contribution in [0.4, 0.5) is 0 Å². The van der Waals surface area contributed by atoms with Gasteiger partial charge in [-0.25, -0.2) is 9.78 Å². The third-order valence-corrected chi connectivity index (χ3v) is 19.3. The van der Waals surface area contributed by atoms with Crippen LogP contribution in [-0.4, -0.2) is 235 Å². The third kappa shape index (κ3) is 28.4. The van der Waals surface area contributed by atoms with Crippen LogP contribution in [0.25, 0.3) is 16.9 Å². The lowest BCUT2D eigenvalue weighted by Gasteiger charge is -2.41. The molecule has 3 heterocycles. The number of ether oxygens (including phenoxy) is 10. The van der Waals surface area contributed by atoms with Crippen molar-refractivity contribution in [2.45, 2.75) is 175 Å². The van der Waals surface area contributed by atoms with E-state index in [0.717, 1.165) is 33.6 Å². The van der Waals surface area contributed by atoms with Crippen molar-refractivity contribution in [2.75, 3.05) is 120 Å². The van der Waals surface area contributed by atoms with Crippen molar-refractivity contribution in [3.05, 3.63) is 125 Å². The Balaban J connectivity index is 1.03. The smallest absolute Gasteiger partial charge is 0.328 e. The number of amides is 6. The maximum absolute atomic E-state index is 14.8. The molecular formula is C80H118ClN9O17. The van der Waals surface area contributed by atoms with Crippen LogP contribution in [0.3, 0.4) is 0 Å². The van der Waals surface area contributed by atoms with Crippen molar-refractivity contribution in [3.63, 3.8) is 0 Å². The summed E-state index contributed by atoms with van der Waals surface area (Å²) >= 11 is 6.60. The van der Waals surface area contributed by atoms with Gasteiger partial charge in [-0.1, -0.05) is 113 Å². The minimum atomic E-state index is -1.42. The Morgan fingerprint density at radius 1 is 0.729 bits per heavy atom. The Labute approximate surface area is 637 Å². The number of hydrogen-bond donors (Lipinski definition) is 5. The summed E-state index contributed by atoms with van der Waals surface area (Å²) in [6.45, 7) is 23.6. The second kappa shape index (κ2) is 46.0. The number of aromatic nitrogens is 2. The molecule has 0 spiro atoms. The molecule has 26 nitrogen and oxygen atoms in total. The van der Waals surface area contributed by atoms with E-state index in [1.54, 1.807) is 55.8 Å². The lowest BCUT2D eigenvalue weighted by molar-refractivity contribution is -0.150. The van der Waals surface area contributed by atoms with E-state index in [1.165, 1.54) is 14.2 Å². The number of halogens is 1. The number of hydrogen-bond acceptors (Lipinski definition) is 19. The van der Waals surface area contributed by atoms with Gasteiger partial charge in [0.25, 0.3) is 5.91 Å². The molecule has 0 radical (unpaired) electrons. The van der Waals surface area contributed by atoms with Gasteiger partial charge in [-0.05, 0) is 107 Å². The number of carbonyl (C=O) groups is 7. The number of carbonyl (C=O) groups excluding carboxylic acids is 7. The van der Waals surface area contributed by atoms with Gasteiger partial charge >= 0.3 is 5.97 Å². The Morgan fingerprint density at radius 3 is 1.92 bits per heavy atom. The van der Waals surface area contributed by atoms with Crippen molar-refractivity contribution in [1.29, 1.82) is 0 Å². The van der Waals surface area contributed by atoms with Crippen LogP contribution in [0, 0.1) is 24.7 Å². The summed E-state index contributed by atoms with van der Waals surface area (Å²) in [4.78, 5) is 108. The lowest BCUT2D eigenvalue weighted by atomic mass is 9.89. The molecule has 6 N–H and O–H groups in total. The average molecular weight is 1510 g/mol. The van der Waals surface area contributed by atoms with Crippen LogP contribution in [-0.2, 0) is 84.2 Å². The number of rotatable bonds is 50. The van der Waals surface area contributed by atoms with Crippen LogP contribution in [0.15, 0.2) is 97.3 Å². The molecule has 2 aromatic heterocycles. The highest BCUT2D eigenvalue weighted by Gasteiger charge is 2.44. The predicted molar refractivity (Wildman–Crippen MR) is 409 cm³/mol. The first-order chi connectivity index (χ1) is 51.3. The van der Waals surface area contributed by atoms with E-state index in [2.05, 4.69) is 21.3 Å². The molecule has 0 unspecified atom stereocenters. The van der Waals surface area contributed by atoms with E-state index in [1.807, 2.05) is 132 Å². The van der Waals surface area contributed by atoms with E-state index in [-0.39, 0.29) is 80.3 Å². The Bertz CT molecular complexity index is 3550. The number of nitrogens with two attached hydrogens (primary N) is 1. The monoisotopic (exact) mass is 1510 g/mol. The quantitative estimate of drug-likeness (QED) is 0.0181. The van der Waals surface area contributed by atoms with Crippen molar-refractivity contribution in [2.24, 2.45) is 23.5 Å². The first-order valence-corrected chi connectivity index (χ1v) is 37.9. The number of benzene rings is 3. The molecule has 1 aliphatic rings. The van der Waals surface area contributed by atoms with Crippen LogP contribution in [0.1, 0.15) is 128 Å². The topological polar surface area (TPSA) is 310 Å². The molecule has 0 bridgehead atoms. The highest BCUT2D eigenvalue weighted by atomic mass is 35.5. The molecule has 6 rings (SSSR count). The number of imidazole rings is 1. The van der Waals surface area contributed by atoms with Crippen molar-refractivity contribution >= 4 is 58.7 Å². The van der Waals surface area contributed by atoms with Gasteiger partial charge in [0.1, 0.15) is 29.0 Å². The molecular weight excluding hydrogens is 1390 g/mol. The molecule has 9 atom stereocenters. The molecule has 107 heavy (non-hydrogen) atoms. The van der Waals surface area contributed by atoms with Gasteiger partial charge in [0.15, 0.2) is 0 Å². The number of aryl methyl sites for hydroxylation is 1. The molecule has 592 valence electrons. The molecule has 0 aliphatic carbocycles. The summed E-state index contributed by atoms with van der Waals surface area (Å²) in [5.74, 6) is -4.20. The fourth-order valence-corrected chi connectivity index (χ4v) is 13.1. The highest BCUT2D eigenvalue weighted by molar-refractivity contribution is 6.32. The summed E-state index contributed by atoms with van der Waals surface area (Å²) in [6, 6.07) is 22.2. The molecule has 0 saturated carbocycles. The largest absolute Gasteiger partial charge is 0.489 e. The van der Waals surface area contributed by atoms with E-state index in [0.29, 0.717) is 116 Å². The van der Waals surface area contributed by atoms with Crippen molar-refractivity contribution in [3.8, 4) is 17.0 Å². The number of methoxy groups -OCH3 is 2.